The molecule has 1 aliphatic rings. The molecule has 1 aromatic heterocycles. The van der Waals surface area contributed by atoms with E-state index in [1.54, 1.807) is 7.05 Å². The average molecular weight is 377 g/mol. The van der Waals surface area contributed by atoms with E-state index in [2.05, 4.69) is 4.90 Å². The lowest BCUT2D eigenvalue weighted by atomic mass is 9.94. The van der Waals surface area contributed by atoms with E-state index in [0.717, 1.165) is 43.7 Å². The second-order valence-electron chi connectivity index (χ2n) is 6.88. The summed E-state index contributed by atoms with van der Waals surface area (Å²) in [4.78, 5) is 18.6. The van der Waals surface area contributed by atoms with Crippen molar-refractivity contribution in [3.05, 3.63) is 29.2 Å². The van der Waals surface area contributed by atoms with Crippen LogP contribution >= 0.6 is 0 Å². The Balaban J connectivity index is 2.27. The lowest BCUT2D eigenvalue weighted by molar-refractivity contribution is -0.141. The summed E-state index contributed by atoms with van der Waals surface area (Å²) in [5.74, 6) is 5.85. The van der Waals surface area contributed by atoms with Gasteiger partial charge < -0.3 is 25.5 Å². The van der Waals surface area contributed by atoms with Crippen molar-refractivity contribution in [1.29, 1.82) is 0 Å². The van der Waals surface area contributed by atoms with E-state index < -0.39 is 0 Å². The molecule has 2 heterocycles. The van der Waals surface area contributed by atoms with Crippen molar-refractivity contribution < 1.29 is 14.6 Å². The van der Waals surface area contributed by atoms with Gasteiger partial charge in [-0.1, -0.05) is 6.92 Å². The normalized spacial score (nSPS) is 18.1. The molecule has 2 rings (SSSR count). The molecular formula is C19H31N5O3. The second kappa shape index (κ2) is 9.57. The fraction of sp³-hybridized carbons (Fsp3) is 0.579. The van der Waals surface area contributed by atoms with Gasteiger partial charge in [0.1, 0.15) is 0 Å². The summed E-state index contributed by atoms with van der Waals surface area (Å²) in [6.07, 6.45) is 3.25. The highest BCUT2D eigenvalue weighted by Gasteiger charge is 2.24. The summed E-state index contributed by atoms with van der Waals surface area (Å²) in [6.45, 7) is 3.53. The van der Waals surface area contributed by atoms with Gasteiger partial charge in [-0.15, -0.1) is 0 Å². The van der Waals surface area contributed by atoms with Crippen molar-refractivity contribution in [2.45, 2.75) is 32.6 Å². The van der Waals surface area contributed by atoms with E-state index in [4.69, 9.17) is 21.3 Å². The summed E-state index contributed by atoms with van der Waals surface area (Å²) in [7, 11) is 3.06. The number of aliphatic hydroxyl groups is 1. The number of aryl methyl sites for hydroxylation is 1. The highest BCUT2D eigenvalue weighted by atomic mass is 16.5. The number of esters is 1. The van der Waals surface area contributed by atoms with E-state index in [9.17, 15) is 9.90 Å². The average Bonchev–Trinajstić information content (AvgIpc) is 2.67. The Morgan fingerprint density at radius 3 is 2.81 bits per heavy atom. The van der Waals surface area contributed by atoms with Crippen LogP contribution < -0.4 is 16.5 Å². The number of carbonyl (C=O) groups excluding carboxylic acids is 1. The minimum Gasteiger partial charge on any atom is -0.469 e. The first-order chi connectivity index (χ1) is 12.9. The molecule has 0 spiro atoms. The van der Waals surface area contributed by atoms with Gasteiger partial charge in [-0.25, -0.2) is 10.8 Å². The van der Waals surface area contributed by atoms with Gasteiger partial charge in [0.05, 0.1) is 42.2 Å². The van der Waals surface area contributed by atoms with Crippen LogP contribution in [0.5, 0.6) is 0 Å². The largest absolute Gasteiger partial charge is 0.469 e. The third-order valence-electron chi connectivity index (χ3n) is 4.99. The Kier molecular flexibility index (Phi) is 7.44. The number of piperidine rings is 1. The molecule has 0 amide bonds. The van der Waals surface area contributed by atoms with Crippen LogP contribution in [0, 0.1) is 5.92 Å². The van der Waals surface area contributed by atoms with Crippen molar-refractivity contribution in [1.82, 2.24) is 9.99 Å². The molecule has 5 N–H and O–H groups in total. The van der Waals surface area contributed by atoms with Crippen LogP contribution in [-0.2, 0) is 16.0 Å². The third-order valence-corrected chi connectivity index (χ3v) is 4.99. The molecule has 0 aliphatic carbocycles. The maximum atomic E-state index is 11.6. The minimum absolute atomic E-state index is 0.161. The van der Waals surface area contributed by atoms with Gasteiger partial charge >= 0.3 is 5.97 Å². The molecule has 1 saturated heterocycles. The lowest BCUT2D eigenvalue weighted by Crippen LogP contribution is -2.37. The molecule has 0 aromatic carbocycles. The lowest BCUT2D eigenvalue weighted by Gasteiger charge is -2.35. The number of anilines is 1. The van der Waals surface area contributed by atoms with Gasteiger partial charge in [-0.05, 0) is 37.3 Å². The van der Waals surface area contributed by atoms with Crippen molar-refractivity contribution in [2.75, 3.05) is 38.8 Å². The van der Waals surface area contributed by atoms with Gasteiger partial charge in [0, 0.05) is 26.6 Å². The molecule has 0 bridgehead atoms. The quantitative estimate of drug-likeness (QED) is 0.364. The monoisotopic (exact) mass is 377 g/mol. The molecule has 8 heteroatoms. The topological polar surface area (TPSA) is 118 Å². The third kappa shape index (κ3) is 5.11. The Hall–Kier alpha value is -2.32. The zero-order chi connectivity index (χ0) is 20.0. The zero-order valence-corrected chi connectivity index (χ0v) is 16.4. The number of hydrazine groups is 1. The summed E-state index contributed by atoms with van der Waals surface area (Å²) >= 11 is 0. The SMILES string of the molecule is CCc1nc(/C(N)=C(\CO)N(C)N)ccc1N1CCCC(CC(=O)OC)C1. The van der Waals surface area contributed by atoms with E-state index in [1.165, 1.54) is 12.1 Å². The van der Waals surface area contributed by atoms with Crippen LogP contribution in [-0.4, -0.2) is 54.9 Å². The Bertz CT molecular complexity index is 690. The molecule has 1 atom stereocenters. The number of likely N-dealkylation sites (N-methyl/N-ethyl adjacent to an activating group) is 1. The maximum absolute atomic E-state index is 11.6. The number of hydrogen-bond donors (Lipinski definition) is 3. The summed E-state index contributed by atoms with van der Waals surface area (Å²) in [5, 5.41) is 10.8. The summed E-state index contributed by atoms with van der Waals surface area (Å²) in [5.41, 5.74) is 9.56. The minimum atomic E-state index is -0.259. The predicted molar refractivity (Wildman–Crippen MR) is 105 cm³/mol. The van der Waals surface area contributed by atoms with Crippen LogP contribution in [0.15, 0.2) is 17.8 Å². The van der Waals surface area contributed by atoms with E-state index in [0.29, 0.717) is 23.5 Å². The molecule has 1 aliphatic heterocycles. The Labute approximate surface area is 160 Å². The summed E-state index contributed by atoms with van der Waals surface area (Å²) < 4.78 is 4.81. The zero-order valence-electron chi connectivity index (χ0n) is 16.4. The number of hydrogen-bond acceptors (Lipinski definition) is 8. The first kappa shape index (κ1) is 21.0. The van der Waals surface area contributed by atoms with Crippen LogP contribution in [0.4, 0.5) is 5.69 Å². The maximum Gasteiger partial charge on any atom is 0.305 e. The molecule has 0 saturated carbocycles. The number of pyridine rings is 1. The molecule has 1 aromatic rings. The second-order valence-corrected chi connectivity index (χ2v) is 6.88. The highest BCUT2D eigenvalue weighted by molar-refractivity contribution is 5.70. The van der Waals surface area contributed by atoms with Crippen LogP contribution in [0.3, 0.4) is 0 Å². The smallest absolute Gasteiger partial charge is 0.305 e. The number of rotatable bonds is 7. The van der Waals surface area contributed by atoms with E-state index in [1.807, 2.05) is 19.1 Å². The first-order valence-electron chi connectivity index (χ1n) is 9.31. The van der Waals surface area contributed by atoms with E-state index >= 15 is 0 Å². The molecule has 0 radical (unpaired) electrons. The molecule has 1 fully saturated rings. The number of nitrogens with two attached hydrogens (primary N) is 2. The van der Waals surface area contributed by atoms with Crippen LogP contribution in [0.25, 0.3) is 5.70 Å². The number of nitrogens with zero attached hydrogens (tertiary/aromatic N) is 3. The number of carbonyl (C=O) groups is 1. The van der Waals surface area contributed by atoms with Crippen LogP contribution in [0.2, 0.25) is 0 Å². The standard InChI is InChI=1S/C19H31N5O3/c1-4-14-16(24-9-5-6-13(11-24)10-18(26)27-3)8-7-15(22-14)19(20)17(12-25)23(2)21/h7-8,13,25H,4-6,9-12,20-21H2,1-3H3/b19-17-. The van der Waals surface area contributed by atoms with Crippen molar-refractivity contribution >= 4 is 17.4 Å². The van der Waals surface area contributed by atoms with Crippen molar-refractivity contribution in [3.8, 4) is 0 Å². The summed E-state index contributed by atoms with van der Waals surface area (Å²) in [6, 6.07) is 3.87. The molecule has 8 nitrogen and oxygen atoms in total. The number of aromatic nitrogens is 1. The van der Waals surface area contributed by atoms with Gasteiger partial charge in [-0.2, -0.15) is 0 Å². The first-order valence-corrected chi connectivity index (χ1v) is 9.31. The van der Waals surface area contributed by atoms with E-state index in [-0.39, 0.29) is 18.5 Å². The molecule has 150 valence electrons. The van der Waals surface area contributed by atoms with Gasteiger partial charge in [0.2, 0.25) is 0 Å². The number of aliphatic hydroxyl groups excluding tert-OH is 1. The van der Waals surface area contributed by atoms with Crippen LogP contribution in [0.1, 0.15) is 37.6 Å². The molecule has 1 unspecified atom stereocenters. The predicted octanol–water partition coefficient (Wildman–Crippen LogP) is 0.849. The van der Waals surface area contributed by atoms with Crippen molar-refractivity contribution in [3.63, 3.8) is 0 Å². The number of ether oxygens (including phenoxy) is 1. The molecular weight excluding hydrogens is 346 g/mol. The number of methoxy groups -OCH3 is 1. The van der Waals surface area contributed by atoms with Gasteiger partial charge in [0.15, 0.2) is 0 Å². The fourth-order valence-electron chi connectivity index (χ4n) is 3.50. The van der Waals surface area contributed by atoms with Crippen molar-refractivity contribution in [2.24, 2.45) is 17.5 Å². The van der Waals surface area contributed by atoms with Gasteiger partial charge in [0.25, 0.3) is 0 Å². The molecule has 27 heavy (non-hydrogen) atoms. The highest BCUT2D eigenvalue weighted by Crippen LogP contribution is 2.28. The van der Waals surface area contributed by atoms with Gasteiger partial charge in [-0.3, -0.25) is 4.79 Å². The Morgan fingerprint density at radius 2 is 2.22 bits per heavy atom. The Morgan fingerprint density at radius 1 is 1.48 bits per heavy atom. The fourth-order valence-corrected chi connectivity index (χ4v) is 3.50.